The van der Waals surface area contributed by atoms with Crippen LogP contribution in [-0.4, -0.2) is 4.98 Å². The number of benzene rings is 1. The van der Waals surface area contributed by atoms with E-state index in [-0.39, 0.29) is 5.02 Å². The molecule has 0 unspecified atom stereocenters. The molecule has 0 fully saturated rings. The zero-order chi connectivity index (χ0) is 11.5. The molecule has 0 spiro atoms. The first kappa shape index (κ1) is 12.1. The molecule has 0 bridgehead atoms. The van der Waals surface area contributed by atoms with Crippen LogP contribution in [0.15, 0.2) is 23.0 Å². The van der Waals surface area contributed by atoms with Gasteiger partial charge in [0.2, 0.25) is 0 Å². The molecule has 0 saturated carbocycles. The number of hydrogen-bond donors (Lipinski definition) is 0. The fourth-order valence-corrected chi connectivity index (χ4v) is 2.45. The zero-order valence-electron chi connectivity index (χ0n) is 7.91. The van der Waals surface area contributed by atoms with E-state index in [2.05, 4.69) is 4.98 Å². The van der Waals surface area contributed by atoms with Crippen LogP contribution in [0.4, 0.5) is 4.39 Å². The van der Waals surface area contributed by atoms with E-state index < -0.39 is 5.82 Å². The second-order valence-electron chi connectivity index (χ2n) is 2.94. The lowest BCUT2D eigenvalue weighted by molar-refractivity contribution is 0.300. The maximum absolute atomic E-state index is 13.4. The van der Waals surface area contributed by atoms with Gasteiger partial charge in [-0.1, -0.05) is 11.6 Å². The van der Waals surface area contributed by atoms with Gasteiger partial charge in [0.25, 0.3) is 0 Å². The molecule has 0 aliphatic heterocycles. The van der Waals surface area contributed by atoms with Crippen molar-refractivity contribution in [2.24, 2.45) is 0 Å². The van der Waals surface area contributed by atoms with Crippen molar-refractivity contribution in [1.29, 1.82) is 0 Å². The first-order chi connectivity index (χ1) is 7.68. The number of thiazole rings is 1. The minimum Gasteiger partial charge on any atom is -0.486 e. The fourth-order valence-electron chi connectivity index (χ4n) is 1.08. The van der Waals surface area contributed by atoms with Crippen LogP contribution in [0.3, 0.4) is 0 Å². The standard InChI is InChI=1S/C10H6ClFINOS/c11-9-8(2-1-7(13)10(9)12)15-3-6-4-16-5-14-6/h1-2,4-5H,3H2. The van der Waals surface area contributed by atoms with Gasteiger partial charge in [-0.05, 0) is 34.7 Å². The molecule has 0 aliphatic carbocycles. The van der Waals surface area contributed by atoms with Crippen molar-refractivity contribution in [1.82, 2.24) is 4.98 Å². The summed E-state index contributed by atoms with van der Waals surface area (Å²) >= 11 is 9.18. The van der Waals surface area contributed by atoms with Gasteiger partial charge in [0.15, 0.2) is 5.82 Å². The van der Waals surface area contributed by atoms with Crippen molar-refractivity contribution in [3.8, 4) is 5.75 Å². The maximum Gasteiger partial charge on any atom is 0.158 e. The van der Waals surface area contributed by atoms with Gasteiger partial charge in [-0.2, -0.15) is 0 Å². The molecule has 6 heteroatoms. The summed E-state index contributed by atoms with van der Waals surface area (Å²) in [5.74, 6) is -0.106. The summed E-state index contributed by atoms with van der Waals surface area (Å²) < 4.78 is 19.3. The predicted octanol–water partition coefficient (Wildman–Crippen LogP) is 4.12. The van der Waals surface area contributed by atoms with Crippen molar-refractivity contribution in [2.75, 3.05) is 0 Å². The summed E-state index contributed by atoms with van der Waals surface area (Å²) in [5.41, 5.74) is 2.52. The molecular formula is C10H6ClFINOS. The molecule has 1 heterocycles. The van der Waals surface area contributed by atoms with E-state index in [0.29, 0.717) is 15.9 Å². The number of aromatic nitrogens is 1. The lowest BCUT2D eigenvalue weighted by Gasteiger charge is -2.07. The Kier molecular flexibility index (Phi) is 3.99. The van der Waals surface area contributed by atoms with Gasteiger partial charge in [0.05, 0.1) is 14.8 Å². The second kappa shape index (κ2) is 5.29. The van der Waals surface area contributed by atoms with Gasteiger partial charge in [-0.3, -0.25) is 0 Å². The van der Waals surface area contributed by atoms with Gasteiger partial charge in [-0.15, -0.1) is 11.3 Å². The van der Waals surface area contributed by atoms with Crippen LogP contribution < -0.4 is 4.74 Å². The smallest absolute Gasteiger partial charge is 0.158 e. The van der Waals surface area contributed by atoms with Crippen LogP contribution in [0.2, 0.25) is 5.02 Å². The van der Waals surface area contributed by atoms with Gasteiger partial charge < -0.3 is 4.74 Å². The average molecular weight is 370 g/mol. The lowest BCUT2D eigenvalue weighted by atomic mass is 10.3. The van der Waals surface area contributed by atoms with E-state index in [4.69, 9.17) is 16.3 Å². The summed E-state index contributed by atoms with van der Waals surface area (Å²) in [6.07, 6.45) is 0. The molecule has 1 aromatic carbocycles. The van der Waals surface area contributed by atoms with E-state index in [1.807, 2.05) is 28.0 Å². The highest BCUT2D eigenvalue weighted by Crippen LogP contribution is 2.30. The lowest BCUT2D eigenvalue weighted by Crippen LogP contribution is -1.97. The molecule has 16 heavy (non-hydrogen) atoms. The minimum atomic E-state index is -0.446. The van der Waals surface area contributed by atoms with E-state index in [9.17, 15) is 4.39 Å². The third kappa shape index (κ3) is 2.64. The highest BCUT2D eigenvalue weighted by atomic mass is 127. The molecule has 2 rings (SSSR count). The summed E-state index contributed by atoms with van der Waals surface area (Å²) in [6.45, 7) is 0.295. The van der Waals surface area contributed by atoms with Crippen LogP contribution in [0.25, 0.3) is 0 Å². The quantitative estimate of drug-likeness (QED) is 0.600. The first-order valence-electron chi connectivity index (χ1n) is 4.32. The fraction of sp³-hybridized carbons (Fsp3) is 0.100. The third-order valence-corrected chi connectivity index (χ3v) is 3.68. The Morgan fingerprint density at radius 3 is 3.00 bits per heavy atom. The van der Waals surface area contributed by atoms with Crippen LogP contribution in [0, 0.1) is 9.39 Å². The minimum absolute atomic E-state index is 0.0159. The van der Waals surface area contributed by atoms with Crippen molar-refractivity contribution in [2.45, 2.75) is 6.61 Å². The Morgan fingerprint density at radius 1 is 1.50 bits per heavy atom. The number of halogens is 3. The third-order valence-electron chi connectivity index (χ3n) is 1.86. The Morgan fingerprint density at radius 2 is 2.31 bits per heavy atom. The molecule has 0 saturated heterocycles. The summed E-state index contributed by atoms with van der Waals surface area (Å²) in [5, 5.41) is 1.89. The molecule has 84 valence electrons. The Hall–Kier alpha value is -0.400. The van der Waals surface area contributed by atoms with Gasteiger partial charge in [0, 0.05) is 5.38 Å². The Labute approximate surface area is 115 Å². The molecule has 2 aromatic rings. The maximum atomic E-state index is 13.4. The molecule has 0 atom stereocenters. The van der Waals surface area contributed by atoms with Crippen LogP contribution in [0.1, 0.15) is 5.69 Å². The van der Waals surface area contributed by atoms with Crippen LogP contribution in [-0.2, 0) is 6.61 Å². The molecule has 1 aromatic heterocycles. The van der Waals surface area contributed by atoms with E-state index >= 15 is 0 Å². The number of nitrogens with zero attached hydrogens (tertiary/aromatic N) is 1. The van der Waals surface area contributed by atoms with E-state index in [0.717, 1.165) is 5.69 Å². The SMILES string of the molecule is Fc1c(I)ccc(OCc2cscn2)c1Cl. The zero-order valence-corrected chi connectivity index (χ0v) is 11.6. The molecule has 0 N–H and O–H groups in total. The molecular weight excluding hydrogens is 364 g/mol. The Balaban J connectivity index is 2.13. The van der Waals surface area contributed by atoms with E-state index in [1.54, 1.807) is 17.6 Å². The second-order valence-corrected chi connectivity index (χ2v) is 5.20. The van der Waals surface area contributed by atoms with Crippen molar-refractivity contribution in [3.05, 3.63) is 43.1 Å². The number of hydrogen-bond acceptors (Lipinski definition) is 3. The van der Waals surface area contributed by atoms with Crippen LogP contribution in [0.5, 0.6) is 5.75 Å². The normalized spacial score (nSPS) is 10.4. The van der Waals surface area contributed by atoms with E-state index in [1.165, 1.54) is 11.3 Å². The monoisotopic (exact) mass is 369 g/mol. The van der Waals surface area contributed by atoms with Crippen LogP contribution >= 0.6 is 45.5 Å². The summed E-state index contributed by atoms with van der Waals surface area (Å²) in [6, 6.07) is 3.28. The van der Waals surface area contributed by atoms with Gasteiger partial charge >= 0.3 is 0 Å². The largest absolute Gasteiger partial charge is 0.486 e. The van der Waals surface area contributed by atoms with Gasteiger partial charge in [-0.25, -0.2) is 9.37 Å². The molecule has 0 amide bonds. The predicted molar refractivity (Wildman–Crippen MR) is 70.6 cm³/mol. The highest BCUT2D eigenvalue weighted by molar-refractivity contribution is 14.1. The average Bonchev–Trinajstić information content (AvgIpc) is 2.78. The van der Waals surface area contributed by atoms with Gasteiger partial charge in [0.1, 0.15) is 17.4 Å². The highest BCUT2D eigenvalue weighted by Gasteiger charge is 2.11. The van der Waals surface area contributed by atoms with Crippen molar-refractivity contribution < 1.29 is 9.13 Å². The van der Waals surface area contributed by atoms with Crippen molar-refractivity contribution in [3.63, 3.8) is 0 Å². The molecule has 0 radical (unpaired) electrons. The molecule has 0 aliphatic rings. The topological polar surface area (TPSA) is 22.1 Å². The summed E-state index contributed by atoms with van der Waals surface area (Å²) in [4.78, 5) is 4.06. The number of ether oxygens (including phenoxy) is 1. The molecule has 2 nitrogen and oxygen atoms in total. The first-order valence-corrected chi connectivity index (χ1v) is 6.72. The van der Waals surface area contributed by atoms with Crippen molar-refractivity contribution >= 4 is 45.5 Å². The summed E-state index contributed by atoms with van der Waals surface area (Å²) in [7, 11) is 0. The Bertz CT molecular complexity index is 492. The number of rotatable bonds is 3.